The van der Waals surface area contributed by atoms with Gasteiger partial charge in [-0.05, 0) is 30.7 Å². The minimum absolute atomic E-state index is 0.539. The first-order valence-electron chi connectivity index (χ1n) is 5.43. The molecule has 0 saturated carbocycles. The average molecular weight is 255 g/mol. The van der Waals surface area contributed by atoms with Gasteiger partial charge in [-0.15, -0.1) is 0 Å². The average Bonchev–Trinajstić information content (AvgIpc) is 2.69. The number of rotatable bonds is 2. The largest absolute Gasteiger partial charge is 0.416 e. The zero-order valence-corrected chi connectivity index (χ0v) is 9.70. The summed E-state index contributed by atoms with van der Waals surface area (Å²) >= 11 is 0. The van der Waals surface area contributed by atoms with Crippen LogP contribution in [-0.2, 0) is 12.6 Å². The topological polar surface area (TPSA) is 43.8 Å². The second kappa shape index (κ2) is 4.36. The molecule has 0 amide bonds. The summed E-state index contributed by atoms with van der Waals surface area (Å²) in [5, 5.41) is 4.06. The van der Waals surface area contributed by atoms with Gasteiger partial charge in [0.2, 0.25) is 0 Å². The van der Waals surface area contributed by atoms with Gasteiger partial charge in [-0.25, -0.2) is 4.68 Å². The summed E-state index contributed by atoms with van der Waals surface area (Å²) in [5.74, 6) is 0. The van der Waals surface area contributed by atoms with Crippen LogP contribution in [0.4, 0.5) is 18.9 Å². The van der Waals surface area contributed by atoms with Crippen LogP contribution in [-0.4, -0.2) is 9.78 Å². The Hall–Kier alpha value is -1.98. The number of anilines is 1. The van der Waals surface area contributed by atoms with E-state index in [1.165, 1.54) is 18.3 Å². The lowest BCUT2D eigenvalue weighted by molar-refractivity contribution is -0.137. The van der Waals surface area contributed by atoms with E-state index in [1.54, 1.807) is 4.68 Å². The number of hydrogen-bond donors (Lipinski definition) is 1. The van der Waals surface area contributed by atoms with Crippen LogP contribution in [0.5, 0.6) is 0 Å². The van der Waals surface area contributed by atoms with Crippen molar-refractivity contribution in [3.63, 3.8) is 0 Å². The lowest BCUT2D eigenvalue weighted by Gasteiger charge is -2.09. The fraction of sp³-hybridized carbons (Fsp3) is 0.250. The van der Waals surface area contributed by atoms with E-state index >= 15 is 0 Å². The molecule has 1 aromatic heterocycles. The summed E-state index contributed by atoms with van der Waals surface area (Å²) in [6.45, 7) is 1.91. The number of nitrogen functional groups attached to an aromatic ring is 1. The van der Waals surface area contributed by atoms with Crippen molar-refractivity contribution in [2.45, 2.75) is 19.5 Å². The summed E-state index contributed by atoms with van der Waals surface area (Å²) < 4.78 is 38.8. The summed E-state index contributed by atoms with van der Waals surface area (Å²) in [7, 11) is 0. The Kier molecular flexibility index (Phi) is 3.02. The Morgan fingerprint density at radius 2 is 1.83 bits per heavy atom. The molecule has 0 unspecified atom stereocenters. The Bertz CT molecular complexity index is 541. The molecule has 0 aliphatic carbocycles. The molecular formula is C12H12F3N3. The van der Waals surface area contributed by atoms with Crippen LogP contribution in [0.1, 0.15) is 18.2 Å². The van der Waals surface area contributed by atoms with Gasteiger partial charge in [0, 0.05) is 0 Å². The minimum atomic E-state index is -4.32. The molecule has 2 aromatic rings. The number of nitrogens with zero attached hydrogens (tertiary/aromatic N) is 2. The van der Waals surface area contributed by atoms with Gasteiger partial charge in [0.1, 0.15) is 0 Å². The quantitative estimate of drug-likeness (QED) is 0.896. The van der Waals surface area contributed by atoms with E-state index in [9.17, 15) is 13.2 Å². The summed E-state index contributed by atoms with van der Waals surface area (Å²) in [6.07, 6.45) is -2.17. The van der Waals surface area contributed by atoms with Crippen molar-refractivity contribution < 1.29 is 13.2 Å². The van der Waals surface area contributed by atoms with Crippen LogP contribution in [0.15, 0.2) is 30.5 Å². The molecule has 6 heteroatoms. The molecule has 2 N–H and O–H groups in total. The van der Waals surface area contributed by atoms with Crippen molar-refractivity contribution in [3.8, 4) is 5.69 Å². The smallest absolute Gasteiger partial charge is 0.396 e. The maximum atomic E-state index is 12.4. The molecule has 0 atom stereocenters. The second-order valence-electron chi connectivity index (χ2n) is 3.86. The first kappa shape index (κ1) is 12.5. The van der Waals surface area contributed by atoms with Crippen molar-refractivity contribution in [2.24, 2.45) is 0 Å². The second-order valence-corrected chi connectivity index (χ2v) is 3.86. The van der Waals surface area contributed by atoms with E-state index in [-0.39, 0.29) is 0 Å². The van der Waals surface area contributed by atoms with Gasteiger partial charge in [0.15, 0.2) is 0 Å². The van der Waals surface area contributed by atoms with Crippen LogP contribution < -0.4 is 5.73 Å². The highest BCUT2D eigenvalue weighted by Crippen LogP contribution is 2.29. The molecule has 18 heavy (non-hydrogen) atoms. The highest BCUT2D eigenvalue weighted by atomic mass is 19.4. The molecule has 0 fully saturated rings. The van der Waals surface area contributed by atoms with Crippen molar-refractivity contribution >= 4 is 5.69 Å². The van der Waals surface area contributed by atoms with Crippen LogP contribution in [0.25, 0.3) is 5.69 Å². The van der Waals surface area contributed by atoms with E-state index in [4.69, 9.17) is 5.73 Å². The lowest BCUT2D eigenvalue weighted by Crippen LogP contribution is -2.06. The summed E-state index contributed by atoms with van der Waals surface area (Å²) in [6, 6.07) is 4.84. The maximum absolute atomic E-state index is 12.4. The van der Waals surface area contributed by atoms with Gasteiger partial charge >= 0.3 is 6.18 Å². The lowest BCUT2D eigenvalue weighted by atomic mass is 10.2. The number of benzene rings is 1. The third kappa shape index (κ3) is 2.18. The van der Waals surface area contributed by atoms with E-state index in [1.807, 2.05) is 6.92 Å². The van der Waals surface area contributed by atoms with Gasteiger partial charge in [0.05, 0.1) is 28.8 Å². The number of nitrogens with two attached hydrogens (primary N) is 1. The fourth-order valence-electron chi connectivity index (χ4n) is 1.75. The Labute approximate surface area is 102 Å². The zero-order chi connectivity index (χ0) is 13.3. The Morgan fingerprint density at radius 3 is 2.33 bits per heavy atom. The minimum Gasteiger partial charge on any atom is -0.396 e. The first-order valence-corrected chi connectivity index (χ1v) is 5.43. The van der Waals surface area contributed by atoms with E-state index in [0.29, 0.717) is 17.8 Å². The molecule has 3 nitrogen and oxygen atoms in total. The molecule has 96 valence electrons. The van der Waals surface area contributed by atoms with Crippen molar-refractivity contribution in [2.75, 3.05) is 5.73 Å². The molecule has 1 aromatic carbocycles. The van der Waals surface area contributed by atoms with Crippen molar-refractivity contribution in [3.05, 3.63) is 41.7 Å². The molecular weight excluding hydrogens is 243 g/mol. The zero-order valence-electron chi connectivity index (χ0n) is 9.70. The number of hydrogen-bond acceptors (Lipinski definition) is 2. The number of halogens is 3. The molecule has 0 radical (unpaired) electrons. The third-order valence-electron chi connectivity index (χ3n) is 2.68. The standard InChI is InChI=1S/C12H12F3N3/c1-2-11-10(16)7-17-18(11)9-5-3-8(4-6-9)12(13,14)15/h3-7H,2,16H2,1H3. The Balaban J connectivity index is 2.40. The maximum Gasteiger partial charge on any atom is 0.416 e. The summed E-state index contributed by atoms with van der Waals surface area (Å²) in [4.78, 5) is 0. The molecule has 0 bridgehead atoms. The predicted molar refractivity (Wildman–Crippen MR) is 62.4 cm³/mol. The van der Waals surface area contributed by atoms with Crippen LogP contribution >= 0.6 is 0 Å². The van der Waals surface area contributed by atoms with Crippen LogP contribution in [0.2, 0.25) is 0 Å². The molecule has 0 aliphatic heterocycles. The van der Waals surface area contributed by atoms with Gasteiger partial charge < -0.3 is 5.73 Å². The molecule has 0 aliphatic rings. The third-order valence-corrected chi connectivity index (χ3v) is 2.68. The van der Waals surface area contributed by atoms with E-state index < -0.39 is 11.7 Å². The van der Waals surface area contributed by atoms with Gasteiger partial charge in [-0.1, -0.05) is 6.92 Å². The monoisotopic (exact) mass is 255 g/mol. The normalized spacial score (nSPS) is 11.8. The van der Waals surface area contributed by atoms with E-state index in [2.05, 4.69) is 5.10 Å². The fourth-order valence-corrected chi connectivity index (χ4v) is 1.75. The number of alkyl halides is 3. The van der Waals surface area contributed by atoms with E-state index in [0.717, 1.165) is 17.8 Å². The molecule has 1 heterocycles. The highest BCUT2D eigenvalue weighted by molar-refractivity contribution is 5.46. The number of aromatic nitrogens is 2. The van der Waals surface area contributed by atoms with Gasteiger partial charge in [-0.3, -0.25) is 0 Å². The van der Waals surface area contributed by atoms with Crippen molar-refractivity contribution in [1.29, 1.82) is 0 Å². The summed E-state index contributed by atoms with van der Waals surface area (Å²) in [5.41, 5.74) is 6.94. The molecule has 0 spiro atoms. The van der Waals surface area contributed by atoms with Gasteiger partial charge in [0.25, 0.3) is 0 Å². The van der Waals surface area contributed by atoms with Crippen LogP contribution in [0, 0.1) is 0 Å². The SMILES string of the molecule is CCc1c(N)cnn1-c1ccc(C(F)(F)F)cc1. The van der Waals surface area contributed by atoms with Crippen LogP contribution in [0.3, 0.4) is 0 Å². The molecule has 0 saturated heterocycles. The highest BCUT2D eigenvalue weighted by Gasteiger charge is 2.30. The van der Waals surface area contributed by atoms with Crippen molar-refractivity contribution in [1.82, 2.24) is 9.78 Å². The first-order chi connectivity index (χ1) is 8.43. The predicted octanol–water partition coefficient (Wildman–Crippen LogP) is 3.04. The molecule has 2 rings (SSSR count). The Morgan fingerprint density at radius 1 is 1.22 bits per heavy atom. The van der Waals surface area contributed by atoms with Gasteiger partial charge in [-0.2, -0.15) is 18.3 Å².